The van der Waals surface area contributed by atoms with E-state index in [1.54, 1.807) is 30.3 Å². The SMILES string of the molecule is Nc1[nH]n(-c2ccccc2)c(=O)c1N=Nc1cc(C(F)(F)F)ccc1Cl. The van der Waals surface area contributed by atoms with E-state index in [1.165, 1.54) is 0 Å². The average Bonchev–Trinajstić information content (AvgIpc) is 2.88. The first-order valence-electron chi connectivity index (χ1n) is 7.22. The van der Waals surface area contributed by atoms with Crippen molar-refractivity contribution >= 4 is 28.8 Å². The molecule has 0 aliphatic heterocycles. The number of nitrogen functional groups attached to an aromatic ring is 1. The molecule has 0 fully saturated rings. The van der Waals surface area contributed by atoms with E-state index in [4.69, 9.17) is 17.3 Å². The van der Waals surface area contributed by atoms with Gasteiger partial charge in [0.1, 0.15) is 11.5 Å². The number of rotatable bonds is 3. The van der Waals surface area contributed by atoms with E-state index in [0.29, 0.717) is 5.69 Å². The predicted octanol–water partition coefficient (Wildman–Crippen LogP) is 4.84. The number of nitrogens with one attached hydrogen (secondary N) is 1. The predicted molar refractivity (Wildman–Crippen MR) is 91.4 cm³/mol. The summed E-state index contributed by atoms with van der Waals surface area (Å²) in [6, 6.07) is 11.2. The number of aromatic nitrogens is 2. The van der Waals surface area contributed by atoms with Gasteiger partial charge in [0.05, 0.1) is 16.3 Å². The number of hydrogen-bond acceptors (Lipinski definition) is 4. The van der Waals surface area contributed by atoms with E-state index in [0.717, 1.165) is 22.9 Å². The molecule has 0 radical (unpaired) electrons. The molecule has 0 saturated carbocycles. The van der Waals surface area contributed by atoms with Gasteiger partial charge in [-0.15, -0.1) is 10.2 Å². The third-order valence-corrected chi connectivity index (χ3v) is 3.76. The van der Waals surface area contributed by atoms with Crippen molar-refractivity contribution in [3.05, 3.63) is 69.5 Å². The van der Waals surface area contributed by atoms with Crippen molar-refractivity contribution in [1.29, 1.82) is 0 Å². The number of alkyl halides is 3. The lowest BCUT2D eigenvalue weighted by atomic mass is 10.2. The lowest BCUT2D eigenvalue weighted by Crippen LogP contribution is -2.13. The van der Waals surface area contributed by atoms with Crippen molar-refractivity contribution in [3.63, 3.8) is 0 Å². The van der Waals surface area contributed by atoms with Crippen molar-refractivity contribution < 1.29 is 13.2 Å². The molecule has 134 valence electrons. The van der Waals surface area contributed by atoms with E-state index in [9.17, 15) is 18.0 Å². The summed E-state index contributed by atoms with van der Waals surface area (Å²) in [7, 11) is 0. The van der Waals surface area contributed by atoms with Gasteiger partial charge in [0.25, 0.3) is 0 Å². The highest BCUT2D eigenvalue weighted by molar-refractivity contribution is 6.33. The van der Waals surface area contributed by atoms with Crippen molar-refractivity contribution in [2.24, 2.45) is 10.2 Å². The lowest BCUT2D eigenvalue weighted by Gasteiger charge is -2.07. The molecule has 0 saturated heterocycles. The van der Waals surface area contributed by atoms with Crippen LogP contribution in [0.5, 0.6) is 0 Å². The number of nitrogens with two attached hydrogens (primary N) is 1. The second kappa shape index (κ2) is 6.68. The molecule has 0 amide bonds. The number of nitrogens with zero attached hydrogens (tertiary/aromatic N) is 3. The Hall–Kier alpha value is -3.07. The molecule has 3 rings (SSSR count). The molecular weight excluding hydrogens is 371 g/mol. The number of anilines is 1. The van der Waals surface area contributed by atoms with Crippen LogP contribution in [-0.2, 0) is 6.18 Å². The molecule has 0 aliphatic rings. The minimum Gasteiger partial charge on any atom is -0.382 e. The maximum atomic E-state index is 12.8. The Balaban J connectivity index is 2.00. The smallest absolute Gasteiger partial charge is 0.382 e. The van der Waals surface area contributed by atoms with Crippen LogP contribution < -0.4 is 11.3 Å². The molecule has 3 aromatic rings. The number of benzene rings is 2. The van der Waals surface area contributed by atoms with Crippen LogP contribution in [0.1, 0.15) is 5.56 Å². The molecule has 26 heavy (non-hydrogen) atoms. The van der Waals surface area contributed by atoms with Crippen LogP contribution in [0.4, 0.5) is 30.4 Å². The molecule has 10 heteroatoms. The fraction of sp³-hybridized carbons (Fsp3) is 0.0625. The zero-order valence-corrected chi connectivity index (χ0v) is 13.7. The molecule has 0 spiro atoms. The Morgan fingerprint density at radius 3 is 2.42 bits per heavy atom. The van der Waals surface area contributed by atoms with Gasteiger partial charge in [-0.05, 0) is 30.3 Å². The van der Waals surface area contributed by atoms with Gasteiger partial charge < -0.3 is 5.73 Å². The first-order valence-corrected chi connectivity index (χ1v) is 7.59. The summed E-state index contributed by atoms with van der Waals surface area (Å²) >= 11 is 5.85. The molecule has 0 aliphatic carbocycles. The normalized spacial score (nSPS) is 12.0. The zero-order chi connectivity index (χ0) is 18.9. The summed E-state index contributed by atoms with van der Waals surface area (Å²) in [6.07, 6.45) is -4.55. The van der Waals surface area contributed by atoms with Gasteiger partial charge >= 0.3 is 11.7 Å². The summed E-state index contributed by atoms with van der Waals surface area (Å²) in [4.78, 5) is 12.4. The van der Waals surface area contributed by atoms with Gasteiger partial charge in [0.15, 0.2) is 5.69 Å². The van der Waals surface area contributed by atoms with Crippen molar-refractivity contribution in [1.82, 2.24) is 9.78 Å². The van der Waals surface area contributed by atoms with Crippen molar-refractivity contribution in [3.8, 4) is 5.69 Å². The van der Waals surface area contributed by atoms with Crippen LogP contribution >= 0.6 is 11.6 Å². The average molecular weight is 382 g/mol. The van der Waals surface area contributed by atoms with Crippen LogP contribution in [0.2, 0.25) is 5.02 Å². The Morgan fingerprint density at radius 1 is 1.08 bits per heavy atom. The van der Waals surface area contributed by atoms with Gasteiger partial charge in [0, 0.05) is 0 Å². The fourth-order valence-corrected chi connectivity index (χ4v) is 2.33. The Bertz CT molecular complexity index is 1020. The van der Waals surface area contributed by atoms with Gasteiger partial charge in [-0.3, -0.25) is 9.89 Å². The topological polar surface area (TPSA) is 88.5 Å². The number of hydrogen-bond donors (Lipinski definition) is 2. The molecule has 3 N–H and O–H groups in total. The maximum absolute atomic E-state index is 12.8. The number of aromatic amines is 1. The molecule has 0 unspecified atom stereocenters. The maximum Gasteiger partial charge on any atom is 0.416 e. The van der Waals surface area contributed by atoms with E-state index in [2.05, 4.69) is 15.3 Å². The lowest BCUT2D eigenvalue weighted by molar-refractivity contribution is -0.137. The third-order valence-electron chi connectivity index (χ3n) is 3.44. The number of azo groups is 1. The number of H-pyrrole nitrogens is 1. The minimum absolute atomic E-state index is 0.0424. The van der Waals surface area contributed by atoms with Gasteiger partial charge in [0.2, 0.25) is 0 Å². The summed E-state index contributed by atoms with van der Waals surface area (Å²) in [5.74, 6) is -0.0781. The van der Waals surface area contributed by atoms with E-state index >= 15 is 0 Å². The Kier molecular flexibility index (Phi) is 4.56. The van der Waals surface area contributed by atoms with Crippen molar-refractivity contribution in [2.75, 3.05) is 5.73 Å². The molecule has 1 heterocycles. The fourth-order valence-electron chi connectivity index (χ4n) is 2.17. The van der Waals surface area contributed by atoms with Crippen LogP contribution in [-0.4, -0.2) is 9.78 Å². The van der Waals surface area contributed by atoms with Gasteiger partial charge in [-0.1, -0.05) is 29.8 Å². The van der Waals surface area contributed by atoms with Crippen LogP contribution in [0.15, 0.2) is 63.6 Å². The minimum atomic E-state index is -4.55. The van der Waals surface area contributed by atoms with Gasteiger partial charge in [-0.2, -0.15) is 13.2 Å². The molecule has 0 atom stereocenters. The van der Waals surface area contributed by atoms with Crippen molar-refractivity contribution in [2.45, 2.75) is 6.18 Å². The summed E-state index contributed by atoms with van der Waals surface area (Å²) < 4.78 is 39.5. The third kappa shape index (κ3) is 3.47. The zero-order valence-electron chi connectivity index (χ0n) is 13.0. The Morgan fingerprint density at radius 2 is 1.77 bits per heavy atom. The van der Waals surface area contributed by atoms with Crippen LogP contribution in [0.3, 0.4) is 0 Å². The highest BCUT2D eigenvalue weighted by Crippen LogP contribution is 2.35. The summed E-state index contributed by atoms with van der Waals surface area (Å²) in [5, 5.41) is 9.94. The largest absolute Gasteiger partial charge is 0.416 e. The second-order valence-electron chi connectivity index (χ2n) is 5.21. The monoisotopic (exact) mass is 381 g/mol. The highest BCUT2D eigenvalue weighted by Gasteiger charge is 2.31. The summed E-state index contributed by atoms with van der Waals surface area (Å²) in [6.45, 7) is 0. The first kappa shape index (κ1) is 17.7. The molecule has 0 bridgehead atoms. The van der Waals surface area contributed by atoms with Crippen LogP contribution in [0.25, 0.3) is 5.69 Å². The number of para-hydroxylation sites is 1. The summed E-state index contributed by atoms with van der Waals surface area (Å²) in [5.41, 5.74) is 4.26. The number of halogens is 4. The molecule has 1 aromatic heterocycles. The molecule has 6 nitrogen and oxygen atoms in total. The highest BCUT2D eigenvalue weighted by atomic mass is 35.5. The molecular formula is C16H11ClF3N5O. The molecule has 2 aromatic carbocycles. The standard InChI is InChI=1S/C16H11ClF3N5O/c17-11-7-6-9(16(18,19)20)8-12(11)22-23-13-14(21)24-25(15(13)26)10-4-2-1-3-5-10/h1-8,24H,21H2. The van der Waals surface area contributed by atoms with E-state index < -0.39 is 17.3 Å². The quantitative estimate of drug-likeness (QED) is 0.636. The Labute approximate surface area is 149 Å². The second-order valence-corrected chi connectivity index (χ2v) is 5.62. The van der Waals surface area contributed by atoms with Crippen LogP contribution in [0, 0.1) is 0 Å². The van der Waals surface area contributed by atoms with E-state index in [1.807, 2.05) is 0 Å². The van der Waals surface area contributed by atoms with Gasteiger partial charge in [-0.25, -0.2) is 4.68 Å². The van der Waals surface area contributed by atoms with E-state index in [-0.39, 0.29) is 22.2 Å². The first-order chi connectivity index (χ1) is 12.3.